The van der Waals surface area contributed by atoms with Gasteiger partial charge in [-0.2, -0.15) is 0 Å². The van der Waals surface area contributed by atoms with Gasteiger partial charge < -0.3 is 10.2 Å². The fourth-order valence-electron chi connectivity index (χ4n) is 3.16. The molecule has 3 rings (SSSR count). The standard InChI is InChI=1S/C16H23FN2/c1-19-10-2-3-15(19)11-18-16(12-4-5-12)13-6-8-14(17)9-7-13/h6-9,12,15-16,18H,2-5,10-11H2,1H3. The van der Waals surface area contributed by atoms with Crippen molar-refractivity contribution in [3.05, 3.63) is 35.6 Å². The molecule has 3 heteroatoms. The predicted octanol–water partition coefficient (Wildman–Crippen LogP) is 2.96. The van der Waals surface area contributed by atoms with E-state index in [0.717, 1.165) is 12.5 Å². The SMILES string of the molecule is CN1CCCC1CNC(c1ccc(F)cc1)C1CC1. The minimum Gasteiger partial charge on any atom is -0.308 e. The van der Waals surface area contributed by atoms with Gasteiger partial charge in [0.15, 0.2) is 0 Å². The van der Waals surface area contributed by atoms with Crippen LogP contribution in [0, 0.1) is 11.7 Å². The van der Waals surface area contributed by atoms with E-state index in [-0.39, 0.29) is 5.82 Å². The van der Waals surface area contributed by atoms with Gasteiger partial charge in [-0.1, -0.05) is 12.1 Å². The molecular weight excluding hydrogens is 239 g/mol. The zero-order valence-electron chi connectivity index (χ0n) is 11.6. The van der Waals surface area contributed by atoms with E-state index in [4.69, 9.17) is 0 Å². The number of hydrogen-bond donors (Lipinski definition) is 1. The normalized spacial score (nSPS) is 25.7. The van der Waals surface area contributed by atoms with Crippen LogP contribution in [0.2, 0.25) is 0 Å². The topological polar surface area (TPSA) is 15.3 Å². The summed E-state index contributed by atoms with van der Waals surface area (Å²) in [6.07, 6.45) is 5.21. The van der Waals surface area contributed by atoms with E-state index >= 15 is 0 Å². The first-order valence-electron chi connectivity index (χ1n) is 7.43. The van der Waals surface area contributed by atoms with Gasteiger partial charge in [0.1, 0.15) is 5.82 Å². The van der Waals surface area contributed by atoms with E-state index in [1.54, 1.807) is 12.1 Å². The van der Waals surface area contributed by atoms with Crippen molar-refractivity contribution in [2.75, 3.05) is 20.1 Å². The highest BCUT2D eigenvalue weighted by molar-refractivity contribution is 5.22. The van der Waals surface area contributed by atoms with E-state index in [2.05, 4.69) is 17.3 Å². The average molecular weight is 262 g/mol. The van der Waals surface area contributed by atoms with E-state index in [0.29, 0.717) is 12.1 Å². The molecule has 1 N–H and O–H groups in total. The maximum Gasteiger partial charge on any atom is 0.123 e. The van der Waals surface area contributed by atoms with Crippen molar-refractivity contribution < 1.29 is 4.39 Å². The lowest BCUT2D eigenvalue weighted by atomic mass is 10.0. The Kier molecular flexibility index (Phi) is 3.85. The molecule has 1 saturated carbocycles. The number of nitrogens with one attached hydrogen (secondary N) is 1. The Bertz CT molecular complexity index is 413. The van der Waals surface area contributed by atoms with E-state index in [9.17, 15) is 4.39 Å². The van der Waals surface area contributed by atoms with Crippen LogP contribution in [0.15, 0.2) is 24.3 Å². The fourth-order valence-corrected chi connectivity index (χ4v) is 3.16. The Hall–Kier alpha value is -0.930. The summed E-state index contributed by atoms with van der Waals surface area (Å²) in [5.41, 5.74) is 1.24. The second-order valence-corrected chi connectivity index (χ2v) is 6.05. The summed E-state index contributed by atoms with van der Waals surface area (Å²) in [5, 5.41) is 3.73. The number of nitrogens with zero attached hydrogens (tertiary/aromatic N) is 1. The van der Waals surface area contributed by atoms with Crippen molar-refractivity contribution in [3.63, 3.8) is 0 Å². The maximum atomic E-state index is 13.0. The predicted molar refractivity (Wildman–Crippen MR) is 75.5 cm³/mol. The number of benzene rings is 1. The molecule has 1 aromatic rings. The zero-order chi connectivity index (χ0) is 13.2. The second-order valence-electron chi connectivity index (χ2n) is 6.05. The smallest absolute Gasteiger partial charge is 0.123 e. The quantitative estimate of drug-likeness (QED) is 0.877. The van der Waals surface area contributed by atoms with Crippen LogP contribution in [0.1, 0.15) is 37.3 Å². The maximum absolute atomic E-state index is 13.0. The Morgan fingerprint density at radius 1 is 1.26 bits per heavy atom. The molecule has 0 bridgehead atoms. The van der Waals surface area contributed by atoms with Gasteiger partial charge in [0, 0.05) is 18.6 Å². The molecule has 1 aliphatic carbocycles. The summed E-state index contributed by atoms with van der Waals surface area (Å²) in [6.45, 7) is 2.27. The summed E-state index contributed by atoms with van der Waals surface area (Å²) >= 11 is 0. The van der Waals surface area contributed by atoms with Crippen LogP contribution in [0.5, 0.6) is 0 Å². The third-order valence-corrected chi connectivity index (χ3v) is 4.57. The Morgan fingerprint density at radius 2 is 2.00 bits per heavy atom. The van der Waals surface area contributed by atoms with Crippen molar-refractivity contribution in [2.24, 2.45) is 5.92 Å². The van der Waals surface area contributed by atoms with E-state index in [1.165, 1.54) is 37.8 Å². The highest BCUT2D eigenvalue weighted by Crippen LogP contribution is 2.41. The molecule has 2 nitrogen and oxygen atoms in total. The summed E-state index contributed by atoms with van der Waals surface area (Å²) in [6, 6.07) is 8.10. The van der Waals surface area contributed by atoms with Crippen molar-refractivity contribution in [3.8, 4) is 0 Å². The molecule has 2 fully saturated rings. The molecule has 0 amide bonds. The Labute approximate surface area is 115 Å². The Morgan fingerprint density at radius 3 is 2.58 bits per heavy atom. The summed E-state index contributed by atoms with van der Waals surface area (Å²) in [4.78, 5) is 2.45. The molecule has 104 valence electrons. The number of likely N-dealkylation sites (N-methyl/N-ethyl adjacent to an activating group) is 1. The molecule has 2 atom stereocenters. The monoisotopic (exact) mass is 262 g/mol. The van der Waals surface area contributed by atoms with Crippen molar-refractivity contribution >= 4 is 0 Å². The minimum atomic E-state index is -0.145. The average Bonchev–Trinajstić information content (AvgIpc) is 3.16. The number of hydrogen-bond acceptors (Lipinski definition) is 2. The molecule has 19 heavy (non-hydrogen) atoms. The van der Waals surface area contributed by atoms with Crippen LogP contribution in [-0.2, 0) is 0 Å². The molecule has 2 unspecified atom stereocenters. The van der Waals surface area contributed by atoms with Crippen LogP contribution >= 0.6 is 0 Å². The third kappa shape index (κ3) is 3.15. The lowest BCUT2D eigenvalue weighted by molar-refractivity contribution is 0.287. The van der Waals surface area contributed by atoms with Gasteiger partial charge >= 0.3 is 0 Å². The van der Waals surface area contributed by atoms with Gasteiger partial charge in [0.2, 0.25) is 0 Å². The lowest BCUT2D eigenvalue weighted by Gasteiger charge is -2.25. The van der Waals surface area contributed by atoms with Gasteiger partial charge in [-0.25, -0.2) is 4.39 Å². The fraction of sp³-hybridized carbons (Fsp3) is 0.625. The number of halogens is 1. The first-order valence-corrected chi connectivity index (χ1v) is 7.43. The van der Waals surface area contributed by atoms with Crippen LogP contribution in [0.4, 0.5) is 4.39 Å². The van der Waals surface area contributed by atoms with E-state index in [1.807, 2.05) is 12.1 Å². The molecule has 1 heterocycles. The van der Waals surface area contributed by atoms with Crippen LogP contribution < -0.4 is 5.32 Å². The van der Waals surface area contributed by atoms with Crippen LogP contribution in [0.3, 0.4) is 0 Å². The minimum absolute atomic E-state index is 0.145. The molecule has 0 spiro atoms. The Balaban J connectivity index is 1.63. The largest absolute Gasteiger partial charge is 0.308 e. The van der Waals surface area contributed by atoms with Gasteiger partial charge in [-0.3, -0.25) is 0 Å². The van der Waals surface area contributed by atoms with Gasteiger partial charge in [-0.05, 0) is 62.9 Å². The number of rotatable bonds is 5. The first-order chi connectivity index (χ1) is 9.24. The molecular formula is C16H23FN2. The van der Waals surface area contributed by atoms with E-state index < -0.39 is 0 Å². The highest BCUT2D eigenvalue weighted by Gasteiger charge is 2.33. The molecule has 0 radical (unpaired) electrons. The van der Waals surface area contributed by atoms with Crippen LogP contribution in [0.25, 0.3) is 0 Å². The molecule has 1 aromatic carbocycles. The summed E-state index contributed by atoms with van der Waals surface area (Å²) < 4.78 is 13.0. The second kappa shape index (κ2) is 5.59. The molecule has 1 aliphatic heterocycles. The summed E-state index contributed by atoms with van der Waals surface area (Å²) in [7, 11) is 2.21. The van der Waals surface area contributed by atoms with Crippen molar-refractivity contribution in [2.45, 2.75) is 37.8 Å². The molecule has 0 aromatic heterocycles. The molecule has 1 saturated heterocycles. The van der Waals surface area contributed by atoms with Gasteiger partial charge in [0.25, 0.3) is 0 Å². The van der Waals surface area contributed by atoms with Gasteiger partial charge in [-0.15, -0.1) is 0 Å². The summed E-state index contributed by atoms with van der Waals surface area (Å²) in [5.74, 6) is 0.603. The number of likely N-dealkylation sites (tertiary alicyclic amines) is 1. The third-order valence-electron chi connectivity index (χ3n) is 4.57. The van der Waals surface area contributed by atoms with Crippen molar-refractivity contribution in [1.82, 2.24) is 10.2 Å². The zero-order valence-corrected chi connectivity index (χ0v) is 11.6. The van der Waals surface area contributed by atoms with Crippen molar-refractivity contribution in [1.29, 1.82) is 0 Å². The first kappa shape index (κ1) is 13.1. The lowest BCUT2D eigenvalue weighted by Crippen LogP contribution is -2.37. The van der Waals surface area contributed by atoms with Gasteiger partial charge in [0.05, 0.1) is 0 Å². The highest BCUT2D eigenvalue weighted by atomic mass is 19.1. The van der Waals surface area contributed by atoms with Crippen LogP contribution in [-0.4, -0.2) is 31.1 Å². The molecule has 2 aliphatic rings.